The lowest BCUT2D eigenvalue weighted by Crippen LogP contribution is -2.54. The van der Waals surface area contributed by atoms with Gasteiger partial charge >= 0.3 is 0 Å². The molecule has 31 heavy (non-hydrogen) atoms. The van der Waals surface area contributed by atoms with E-state index in [9.17, 15) is 9.18 Å². The zero-order valence-corrected chi connectivity index (χ0v) is 18.0. The van der Waals surface area contributed by atoms with E-state index in [4.69, 9.17) is 16.3 Å². The maximum absolute atomic E-state index is 13.3. The lowest BCUT2D eigenvalue weighted by Gasteiger charge is -2.40. The largest absolute Gasteiger partial charge is 0.439 e. The van der Waals surface area contributed by atoms with Crippen LogP contribution in [0.2, 0.25) is 5.02 Å². The highest BCUT2D eigenvalue weighted by molar-refractivity contribution is 6.30. The first-order chi connectivity index (χ1) is 14.9. The molecule has 0 N–H and O–H groups in total. The van der Waals surface area contributed by atoms with Crippen LogP contribution in [-0.2, 0) is 0 Å². The number of aryl methyl sites for hydroxylation is 1. The first-order valence-electron chi connectivity index (χ1n) is 9.98. The first-order valence-corrected chi connectivity index (χ1v) is 10.4. The minimum Gasteiger partial charge on any atom is -0.439 e. The van der Waals surface area contributed by atoms with E-state index in [1.54, 1.807) is 43.3 Å². The molecule has 160 valence electrons. The second-order valence-electron chi connectivity index (χ2n) is 7.53. The van der Waals surface area contributed by atoms with Gasteiger partial charge in [0.25, 0.3) is 5.91 Å². The summed E-state index contributed by atoms with van der Waals surface area (Å²) in [5.74, 6) is 1.32. The predicted octanol–water partition coefficient (Wildman–Crippen LogP) is 4.72. The Morgan fingerprint density at radius 1 is 1.13 bits per heavy atom. The molecule has 2 heterocycles. The van der Waals surface area contributed by atoms with Crippen molar-refractivity contribution in [3.05, 3.63) is 76.8 Å². The smallest absolute Gasteiger partial charge is 0.254 e. The molecule has 1 unspecified atom stereocenters. The molecule has 3 aromatic rings. The average Bonchev–Trinajstić information content (AvgIpc) is 2.76. The van der Waals surface area contributed by atoms with Gasteiger partial charge in [-0.2, -0.15) is 0 Å². The van der Waals surface area contributed by atoms with Gasteiger partial charge in [0.05, 0.1) is 0 Å². The predicted molar refractivity (Wildman–Crippen MR) is 117 cm³/mol. The number of amides is 1. The van der Waals surface area contributed by atoms with Crippen molar-refractivity contribution < 1.29 is 13.9 Å². The van der Waals surface area contributed by atoms with Crippen molar-refractivity contribution in [1.29, 1.82) is 0 Å². The zero-order valence-electron chi connectivity index (χ0n) is 17.3. The molecule has 6 nitrogen and oxygen atoms in total. The van der Waals surface area contributed by atoms with Crippen LogP contribution in [0.4, 0.5) is 10.2 Å². The molecule has 0 saturated carbocycles. The number of ether oxygens (including phenoxy) is 1. The molecular weight excluding hydrogens is 419 g/mol. The third-order valence-corrected chi connectivity index (χ3v) is 5.53. The number of rotatable bonds is 4. The maximum atomic E-state index is 13.3. The standard InChI is InChI=1S/C23H22ClFN4O2/c1-15-11-19(25)7-8-20(15)31-22-12-21(26-14-27-22)28-9-10-29(16(2)13-28)23(30)17-3-5-18(24)6-4-17/h3-8,11-12,14,16H,9-10,13H2,1-2H3. The van der Waals surface area contributed by atoms with E-state index in [0.717, 1.165) is 5.82 Å². The van der Waals surface area contributed by atoms with E-state index in [0.29, 0.717) is 47.4 Å². The van der Waals surface area contributed by atoms with Gasteiger partial charge in [-0.25, -0.2) is 14.4 Å². The molecule has 1 saturated heterocycles. The molecule has 0 bridgehead atoms. The third-order valence-electron chi connectivity index (χ3n) is 5.28. The van der Waals surface area contributed by atoms with E-state index in [2.05, 4.69) is 14.9 Å². The summed E-state index contributed by atoms with van der Waals surface area (Å²) in [6, 6.07) is 13.0. The summed E-state index contributed by atoms with van der Waals surface area (Å²) < 4.78 is 19.2. The molecule has 1 fully saturated rings. The Hall–Kier alpha value is -3.19. The lowest BCUT2D eigenvalue weighted by molar-refractivity contribution is 0.0673. The van der Waals surface area contributed by atoms with Gasteiger partial charge in [0, 0.05) is 42.3 Å². The van der Waals surface area contributed by atoms with E-state index in [1.807, 2.05) is 11.8 Å². The number of piperazine rings is 1. The van der Waals surface area contributed by atoms with Gasteiger partial charge < -0.3 is 14.5 Å². The first kappa shape index (κ1) is 21.1. The Bertz CT molecular complexity index is 1090. The summed E-state index contributed by atoms with van der Waals surface area (Å²) in [6.45, 7) is 5.63. The summed E-state index contributed by atoms with van der Waals surface area (Å²) in [7, 11) is 0. The summed E-state index contributed by atoms with van der Waals surface area (Å²) >= 11 is 5.93. The van der Waals surface area contributed by atoms with E-state index in [1.165, 1.54) is 18.5 Å². The molecule has 1 aliphatic heterocycles. The summed E-state index contributed by atoms with van der Waals surface area (Å²) in [6.07, 6.45) is 1.44. The number of anilines is 1. The van der Waals surface area contributed by atoms with Crippen molar-refractivity contribution in [2.24, 2.45) is 0 Å². The lowest BCUT2D eigenvalue weighted by atomic mass is 10.1. The molecule has 1 aliphatic rings. The second-order valence-corrected chi connectivity index (χ2v) is 7.96. The molecule has 1 aromatic heterocycles. The molecule has 0 aliphatic carbocycles. The van der Waals surface area contributed by atoms with Gasteiger partial charge in [0.15, 0.2) is 0 Å². The minimum atomic E-state index is -0.312. The normalized spacial score (nSPS) is 16.3. The van der Waals surface area contributed by atoms with Gasteiger partial charge in [-0.3, -0.25) is 4.79 Å². The number of hydrogen-bond acceptors (Lipinski definition) is 5. The van der Waals surface area contributed by atoms with Gasteiger partial charge in [0.2, 0.25) is 5.88 Å². The minimum absolute atomic E-state index is 0.00407. The van der Waals surface area contributed by atoms with Crippen molar-refractivity contribution in [2.45, 2.75) is 19.9 Å². The monoisotopic (exact) mass is 440 g/mol. The zero-order chi connectivity index (χ0) is 22.0. The Morgan fingerprint density at radius 3 is 2.61 bits per heavy atom. The van der Waals surface area contributed by atoms with Crippen molar-refractivity contribution in [3.63, 3.8) is 0 Å². The van der Waals surface area contributed by atoms with Crippen LogP contribution in [0.25, 0.3) is 0 Å². The molecular formula is C23H22ClFN4O2. The molecule has 1 atom stereocenters. The van der Waals surface area contributed by atoms with Crippen LogP contribution in [-0.4, -0.2) is 46.5 Å². The SMILES string of the molecule is Cc1cc(F)ccc1Oc1cc(N2CCN(C(=O)c3ccc(Cl)cc3)C(C)C2)ncn1. The third kappa shape index (κ3) is 4.77. The van der Waals surface area contributed by atoms with Crippen LogP contribution in [0.1, 0.15) is 22.8 Å². The Morgan fingerprint density at radius 2 is 1.90 bits per heavy atom. The number of carbonyl (C=O) groups excluding carboxylic acids is 1. The molecule has 2 aromatic carbocycles. The topological polar surface area (TPSA) is 58.6 Å². The maximum Gasteiger partial charge on any atom is 0.254 e. The molecule has 4 rings (SSSR count). The van der Waals surface area contributed by atoms with Crippen LogP contribution in [0.15, 0.2) is 54.9 Å². The fourth-order valence-corrected chi connectivity index (χ4v) is 3.75. The molecule has 0 spiro atoms. The van der Waals surface area contributed by atoms with Gasteiger partial charge in [-0.1, -0.05) is 11.6 Å². The summed E-state index contributed by atoms with van der Waals surface area (Å²) in [5.41, 5.74) is 1.31. The van der Waals surface area contributed by atoms with E-state index in [-0.39, 0.29) is 17.8 Å². The van der Waals surface area contributed by atoms with Gasteiger partial charge in [-0.15, -0.1) is 0 Å². The summed E-state index contributed by atoms with van der Waals surface area (Å²) in [4.78, 5) is 25.4. The van der Waals surface area contributed by atoms with Crippen molar-refractivity contribution in [3.8, 4) is 11.6 Å². The van der Waals surface area contributed by atoms with Crippen molar-refractivity contribution in [1.82, 2.24) is 14.9 Å². The quantitative estimate of drug-likeness (QED) is 0.587. The second kappa shape index (κ2) is 8.89. The Kier molecular flexibility index (Phi) is 6.04. The highest BCUT2D eigenvalue weighted by atomic mass is 35.5. The van der Waals surface area contributed by atoms with Crippen LogP contribution in [0.5, 0.6) is 11.6 Å². The average molecular weight is 441 g/mol. The number of halogens is 2. The fraction of sp³-hybridized carbons (Fsp3) is 0.261. The number of nitrogens with zero attached hydrogens (tertiary/aromatic N) is 4. The summed E-state index contributed by atoms with van der Waals surface area (Å²) in [5, 5.41) is 0.604. The molecule has 0 radical (unpaired) electrons. The van der Waals surface area contributed by atoms with E-state index >= 15 is 0 Å². The molecule has 8 heteroatoms. The number of benzene rings is 2. The highest BCUT2D eigenvalue weighted by Crippen LogP contribution is 2.27. The van der Waals surface area contributed by atoms with Crippen LogP contribution >= 0.6 is 11.6 Å². The van der Waals surface area contributed by atoms with Crippen LogP contribution in [0.3, 0.4) is 0 Å². The number of carbonyl (C=O) groups is 1. The number of aromatic nitrogens is 2. The van der Waals surface area contributed by atoms with Crippen molar-refractivity contribution in [2.75, 3.05) is 24.5 Å². The van der Waals surface area contributed by atoms with Gasteiger partial charge in [0.1, 0.15) is 23.7 Å². The van der Waals surface area contributed by atoms with Crippen molar-refractivity contribution >= 4 is 23.3 Å². The van der Waals surface area contributed by atoms with Crippen LogP contribution < -0.4 is 9.64 Å². The molecule has 1 amide bonds. The highest BCUT2D eigenvalue weighted by Gasteiger charge is 2.29. The Labute approximate surface area is 185 Å². The van der Waals surface area contributed by atoms with E-state index < -0.39 is 0 Å². The van der Waals surface area contributed by atoms with Gasteiger partial charge in [-0.05, 0) is 61.9 Å². The Balaban J connectivity index is 1.45. The van der Waals surface area contributed by atoms with Crippen LogP contribution in [0, 0.1) is 12.7 Å². The fourth-order valence-electron chi connectivity index (χ4n) is 3.62. The number of hydrogen-bond donors (Lipinski definition) is 0.